The molecule has 0 nitrogen and oxygen atoms in total. The van der Waals surface area contributed by atoms with Gasteiger partial charge in [0.15, 0.2) is 0 Å². The average Bonchev–Trinajstić information content (AvgIpc) is 2.34. The van der Waals surface area contributed by atoms with E-state index in [1.807, 2.05) is 0 Å². The molecule has 1 aliphatic rings. The van der Waals surface area contributed by atoms with E-state index < -0.39 is 0 Å². The van der Waals surface area contributed by atoms with Gasteiger partial charge in [-0.3, -0.25) is 0 Å². The Bertz CT molecular complexity index is 177. The van der Waals surface area contributed by atoms with Crippen molar-refractivity contribution in [1.82, 2.24) is 0 Å². The van der Waals surface area contributed by atoms with E-state index in [0.717, 1.165) is 54.9 Å². The van der Waals surface area contributed by atoms with Gasteiger partial charge in [-0.15, -0.1) is 0 Å². The fraction of sp³-hybridized carbons (Fsp3) is 0.556. The number of hydrogen-bond acceptors (Lipinski definition) is 0. The third-order valence-corrected chi connectivity index (χ3v) is 3.90. The first kappa shape index (κ1) is 9.21. The summed E-state index contributed by atoms with van der Waals surface area (Å²) in [5, 5.41) is 0. The molecule has 1 heteroatoms. The summed E-state index contributed by atoms with van der Waals surface area (Å²) in [6, 6.07) is 0. The molecule has 10 heavy (non-hydrogen) atoms. The molecule has 1 rings (SSSR count). The molecule has 1 unspecified atom stereocenters. The van der Waals surface area contributed by atoms with Crippen LogP contribution >= 0.6 is 0 Å². The number of rotatable bonds is 2. The molecular weight excluding hydrogens is 147 g/mol. The Kier molecular flexibility index (Phi) is 3.88. The van der Waals surface area contributed by atoms with Gasteiger partial charge in [0.1, 0.15) is 0 Å². The van der Waals surface area contributed by atoms with E-state index in [-0.39, 0.29) is 0 Å². The first-order valence-electron chi connectivity index (χ1n) is 4.12. The van der Waals surface area contributed by atoms with Crippen LogP contribution in [0.2, 0.25) is 0 Å². The molecule has 50 valence electrons. The molecule has 1 atom stereocenters. The third kappa shape index (κ3) is 2.05. The van der Waals surface area contributed by atoms with Gasteiger partial charge in [-0.05, 0) is 0 Å². The zero-order valence-electron chi connectivity index (χ0n) is 7.15. The van der Waals surface area contributed by atoms with Crippen LogP contribution in [0.3, 0.4) is 0 Å². The second-order valence-electron chi connectivity index (χ2n) is 3.15. The molecule has 0 saturated heterocycles. The number of allylic oxidation sites excluding steroid dienone is 4. The van der Waals surface area contributed by atoms with Crippen LogP contribution in [0.5, 0.6) is 0 Å². The Morgan fingerprint density at radius 1 is 1.70 bits per heavy atom. The zero-order valence-corrected chi connectivity index (χ0v) is 10.3. The van der Waals surface area contributed by atoms with Crippen LogP contribution in [-0.2, 0) is 0 Å². The van der Waals surface area contributed by atoms with E-state index >= 15 is 0 Å². The molecule has 0 aromatic carbocycles. The van der Waals surface area contributed by atoms with Crippen molar-refractivity contribution in [3.05, 3.63) is 17.4 Å². The van der Waals surface area contributed by atoms with E-state index in [1.165, 1.54) is 12.8 Å². The molecule has 1 aliphatic carbocycles. The summed E-state index contributed by atoms with van der Waals surface area (Å²) < 4.78 is 1.75. The summed E-state index contributed by atoms with van der Waals surface area (Å²) in [6.07, 6.45) is 7.19. The maximum atomic E-state index is 2.33. The normalized spacial score (nSPS) is 20.4. The Morgan fingerprint density at radius 3 is 2.80 bits per heavy atom. The summed E-state index contributed by atoms with van der Waals surface area (Å²) in [7, 11) is 0. The molecule has 0 saturated carbocycles. The van der Waals surface area contributed by atoms with Crippen molar-refractivity contribution in [3.63, 3.8) is 0 Å². The Labute approximate surface area is 97.4 Å². The molecule has 0 amide bonds. The van der Waals surface area contributed by atoms with Crippen molar-refractivity contribution in [1.29, 1.82) is 0 Å². The first-order chi connectivity index (χ1) is 4.75. The molecule has 0 aromatic rings. The summed E-state index contributed by atoms with van der Waals surface area (Å²) in [5.74, 6) is 0.810. The van der Waals surface area contributed by atoms with E-state index in [1.54, 1.807) is 5.24 Å². The van der Waals surface area contributed by atoms with Gasteiger partial charge in [-0.1, -0.05) is 0 Å². The van der Waals surface area contributed by atoms with E-state index in [2.05, 4.69) is 26.0 Å². The predicted octanol–water partition coefficient (Wildman–Crippen LogP) is 2.42. The molecular formula is C9H13K. The van der Waals surface area contributed by atoms with Crippen LogP contribution in [0.4, 0.5) is 0 Å². The van der Waals surface area contributed by atoms with Crippen molar-refractivity contribution in [2.24, 2.45) is 5.92 Å². The third-order valence-electron chi connectivity index (χ3n) is 2.36. The van der Waals surface area contributed by atoms with Crippen LogP contribution in [-0.4, -0.2) is 49.0 Å². The van der Waals surface area contributed by atoms with Gasteiger partial charge in [0.05, 0.1) is 0 Å². The van der Waals surface area contributed by atoms with Crippen LogP contribution in [0, 0.1) is 5.92 Å². The van der Waals surface area contributed by atoms with E-state index in [9.17, 15) is 0 Å². The molecule has 0 aromatic heterocycles. The minimum absolute atomic E-state index is 0.810. The van der Waals surface area contributed by atoms with Gasteiger partial charge in [0.2, 0.25) is 0 Å². The van der Waals surface area contributed by atoms with Crippen LogP contribution < -0.4 is 0 Å². The molecule has 0 spiro atoms. The second-order valence-corrected chi connectivity index (χ2v) is 5.04. The molecule has 0 N–H and O–H groups in total. The monoisotopic (exact) mass is 160 g/mol. The van der Waals surface area contributed by atoms with Crippen molar-refractivity contribution in [3.8, 4) is 0 Å². The summed E-state index contributed by atoms with van der Waals surface area (Å²) >= 11 is 0.912. The van der Waals surface area contributed by atoms with Gasteiger partial charge < -0.3 is 0 Å². The molecule has 0 aliphatic heterocycles. The average molecular weight is 160 g/mol. The van der Waals surface area contributed by atoms with Gasteiger partial charge in [0.25, 0.3) is 0 Å². The van der Waals surface area contributed by atoms with Gasteiger partial charge in [-0.2, -0.15) is 0 Å². The fourth-order valence-electron chi connectivity index (χ4n) is 1.43. The minimum atomic E-state index is 0.810. The van der Waals surface area contributed by atoms with Crippen molar-refractivity contribution < 1.29 is 0 Å². The summed E-state index contributed by atoms with van der Waals surface area (Å²) in [4.78, 5) is 0. The van der Waals surface area contributed by atoms with Crippen LogP contribution in [0.25, 0.3) is 0 Å². The van der Waals surface area contributed by atoms with Gasteiger partial charge >= 0.3 is 99.0 Å². The number of hydrogen-bond donors (Lipinski definition) is 0. The summed E-state index contributed by atoms with van der Waals surface area (Å²) in [6.45, 7) is 4.60. The van der Waals surface area contributed by atoms with Crippen molar-refractivity contribution in [2.45, 2.75) is 26.7 Å². The Morgan fingerprint density at radius 2 is 2.40 bits per heavy atom. The van der Waals surface area contributed by atoms with Crippen LogP contribution in [0.15, 0.2) is 17.4 Å². The Hall–Kier alpha value is 1.12. The van der Waals surface area contributed by atoms with Gasteiger partial charge in [-0.25, -0.2) is 0 Å². The first-order valence-corrected chi connectivity index (χ1v) is 5.68. The molecule has 0 radical (unpaired) electrons. The van der Waals surface area contributed by atoms with E-state index in [4.69, 9.17) is 0 Å². The standard InChI is InChI=1S/C9H13.K/c1-3-8(2)9-6-4-5-7-9;/h4,6,8H,3,5H2,1-2H3;. The fourth-order valence-corrected chi connectivity index (χ4v) is 2.83. The SMILES string of the molecule is CCC(C)C1=[C]([K])CC=C1. The molecule has 0 heterocycles. The predicted molar refractivity (Wildman–Crippen MR) is 46.0 cm³/mol. The van der Waals surface area contributed by atoms with Crippen LogP contribution in [0.1, 0.15) is 26.7 Å². The second kappa shape index (κ2) is 4.22. The topological polar surface area (TPSA) is 0 Å². The Balaban J connectivity index is 2.70. The molecule has 0 fully saturated rings. The summed E-state index contributed by atoms with van der Waals surface area (Å²) in [5.41, 5.74) is 1.66. The molecule has 0 bridgehead atoms. The van der Waals surface area contributed by atoms with Crippen molar-refractivity contribution in [2.75, 3.05) is 0 Å². The van der Waals surface area contributed by atoms with Gasteiger partial charge in [0, 0.05) is 0 Å². The van der Waals surface area contributed by atoms with Crippen molar-refractivity contribution >= 4 is 49.0 Å². The van der Waals surface area contributed by atoms with E-state index in [0.29, 0.717) is 0 Å². The quantitative estimate of drug-likeness (QED) is 0.544. The maximum absolute atomic E-state index is 2.33. The zero-order chi connectivity index (χ0) is 7.56.